The van der Waals surface area contributed by atoms with Crippen LogP contribution in [0.3, 0.4) is 0 Å². The first kappa shape index (κ1) is 20.1. The van der Waals surface area contributed by atoms with Crippen LogP contribution >= 0.6 is 0 Å². The molecule has 2 saturated carbocycles. The maximum absolute atomic E-state index is 15.4. The largest absolute Gasteiger partial charge is 0.303 e. The molecule has 2 saturated heterocycles. The van der Waals surface area contributed by atoms with E-state index in [1.54, 1.807) is 0 Å². The van der Waals surface area contributed by atoms with Gasteiger partial charge in [-0.2, -0.15) is 0 Å². The number of rotatable bonds is 6. The fourth-order valence-corrected chi connectivity index (χ4v) is 6.34. The molecule has 2 aliphatic carbocycles. The second kappa shape index (κ2) is 7.57. The first-order chi connectivity index (χ1) is 12.8. The van der Waals surface area contributed by atoms with Gasteiger partial charge in [-0.3, -0.25) is 9.80 Å². The third kappa shape index (κ3) is 4.87. The maximum atomic E-state index is 15.4. The summed E-state index contributed by atoms with van der Waals surface area (Å²) in [7, 11) is 2.14. The van der Waals surface area contributed by atoms with E-state index in [0.29, 0.717) is 17.4 Å². The lowest BCUT2D eigenvalue weighted by molar-refractivity contribution is -0.0189. The van der Waals surface area contributed by atoms with Crippen molar-refractivity contribution >= 4 is 0 Å². The van der Waals surface area contributed by atoms with Crippen LogP contribution in [0.1, 0.15) is 71.6 Å². The van der Waals surface area contributed by atoms with Gasteiger partial charge in [0, 0.05) is 26.2 Å². The number of likely N-dealkylation sites (tertiary alicyclic amines) is 1. The van der Waals surface area contributed by atoms with Crippen LogP contribution < -0.4 is 0 Å². The highest BCUT2D eigenvalue weighted by Crippen LogP contribution is 2.53. The summed E-state index contributed by atoms with van der Waals surface area (Å²) in [5.41, 5.74) is 0.188. The van der Waals surface area contributed by atoms with Crippen molar-refractivity contribution in [3.8, 4) is 0 Å². The topological polar surface area (TPSA) is 9.72 Å². The summed E-state index contributed by atoms with van der Waals surface area (Å²) in [4.78, 5) is 7.37. The van der Waals surface area contributed by atoms with E-state index < -0.39 is 5.67 Å². The molecule has 4 fully saturated rings. The summed E-state index contributed by atoms with van der Waals surface area (Å²) in [6.45, 7) is 12.3. The Balaban J connectivity index is 1.23. The number of alkyl halides is 1. The van der Waals surface area contributed by atoms with E-state index in [0.717, 1.165) is 51.4 Å². The molecule has 0 N–H and O–H groups in total. The minimum atomic E-state index is -0.928. The Morgan fingerprint density at radius 2 is 1.44 bits per heavy atom. The molecule has 0 radical (unpaired) electrons. The zero-order valence-electron chi connectivity index (χ0n) is 18.1. The van der Waals surface area contributed by atoms with E-state index in [1.165, 1.54) is 51.7 Å². The van der Waals surface area contributed by atoms with Gasteiger partial charge in [-0.1, -0.05) is 13.8 Å². The normalized spacial score (nSPS) is 31.0. The number of halogens is 1. The highest BCUT2D eigenvalue weighted by molar-refractivity contribution is 5.00. The summed E-state index contributed by atoms with van der Waals surface area (Å²) in [6.07, 6.45) is 10.8. The lowest BCUT2D eigenvalue weighted by Gasteiger charge is -2.48. The van der Waals surface area contributed by atoms with Crippen molar-refractivity contribution in [1.29, 1.82) is 0 Å². The fourth-order valence-electron chi connectivity index (χ4n) is 6.34. The van der Waals surface area contributed by atoms with Crippen LogP contribution in [-0.2, 0) is 0 Å². The molecule has 0 aromatic carbocycles. The molecule has 0 atom stereocenters. The van der Waals surface area contributed by atoms with Crippen molar-refractivity contribution in [2.45, 2.75) is 77.3 Å². The van der Waals surface area contributed by atoms with E-state index in [9.17, 15) is 0 Å². The highest BCUT2D eigenvalue weighted by atomic mass is 19.1. The average molecular weight is 380 g/mol. The van der Waals surface area contributed by atoms with Gasteiger partial charge < -0.3 is 4.90 Å². The Labute approximate surface area is 166 Å². The summed E-state index contributed by atoms with van der Waals surface area (Å²) in [5, 5.41) is 0. The molecule has 0 bridgehead atoms. The molecule has 3 nitrogen and oxygen atoms in total. The second-order valence-corrected chi connectivity index (χ2v) is 11.3. The molecular weight excluding hydrogens is 337 g/mol. The molecule has 4 rings (SSSR count). The van der Waals surface area contributed by atoms with Crippen LogP contribution in [0.5, 0.6) is 0 Å². The van der Waals surface area contributed by atoms with E-state index >= 15 is 4.39 Å². The van der Waals surface area contributed by atoms with Gasteiger partial charge >= 0.3 is 0 Å². The predicted molar refractivity (Wildman–Crippen MR) is 111 cm³/mol. The van der Waals surface area contributed by atoms with Crippen molar-refractivity contribution in [3.63, 3.8) is 0 Å². The number of likely N-dealkylation sites (N-methyl/N-ethyl adjacent to an activating group) is 1. The predicted octanol–water partition coefficient (Wildman–Crippen LogP) is 4.38. The molecule has 2 heterocycles. The maximum Gasteiger partial charge on any atom is 0.123 e. The zero-order valence-corrected chi connectivity index (χ0v) is 18.1. The molecule has 2 aliphatic heterocycles. The molecule has 0 aromatic rings. The standard InChI is InChI=1S/C23H42FN3/c1-20(2)16-22(4-5-22)17-26-12-10-21(11-13-26)6-8-23(24,9-7-21)18-27-15-14-25(3)19-27/h20H,4-19H2,1-3H3. The monoisotopic (exact) mass is 379 g/mol. The van der Waals surface area contributed by atoms with Gasteiger partial charge in [0.05, 0.1) is 6.67 Å². The SMILES string of the molecule is CC(C)CC1(CN2CCC3(CC2)CCC(F)(CN2CCN(C)C2)CC3)CC1. The lowest BCUT2D eigenvalue weighted by Crippen LogP contribution is -2.48. The third-order valence-electron chi connectivity index (χ3n) is 8.23. The molecule has 156 valence electrons. The number of nitrogens with zero attached hydrogens (tertiary/aromatic N) is 3. The minimum Gasteiger partial charge on any atom is -0.303 e. The van der Waals surface area contributed by atoms with E-state index in [1.807, 2.05) is 0 Å². The van der Waals surface area contributed by atoms with Crippen molar-refractivity contribution in [2.24, 2.45) is 16.7 Å². The summed E-state index contributed by atoms with van der Waals surface area (Å²) in [6, 6.07) is 0. The fraction of sp³-hybridized carbons (Fsp3) is 1.00. The van der Waals surface area contributed by atoms with Gasteiger partial charge in [0.2, 0.25) is 0 Å². The van der Waals surface area contributed by atoms with Gasteiger partial charge in [-0.25, -0.2) is 4.39 Å². The molecule has 0 unspecified atom stereocenters. The van der Waals surface area contributed by atoms with E-state index in [-0.39, 0.29) is 0 Å². The van der Waals surface area contributed by atoms with Crippen molar-refractivity contribution in [3.05, 3.63) is 0 Å². The first-order valence-electron chi connectivity index (χ1n) is 11.6. The van der Waals surface area contributed by atoms with Crippen LogP contribution in [-0.4, -0.2) is 73.4 Å². The summed E-state index contributed by atoms with van der Waals surface area (Å²) >= 11 is 0. The van der Waals surface area contributed by atoms with Crippen LogP contribution in [0, 0.1) is 16.7 Å². The Hall–Kier alpha value is -0.190. The number of hydrogen-bond acceptors (Lipinski definition) is 3. The summed E-state index contributed by atoms with van der Waals surface area (Å²) in [5.74, 6) is 0.829. The van der Waals surface area contributed by atoms with Gasteiger partial charge in [0.25, 0.3) is 0 Å². The first-order valence-corrected chi connectivity index (χ1v) is 11.6. The number of hydrogen-bond donors (Lipinski definition) is 0. The van der Waals surface area contributed by atoms with Gasteiger partial charge in [0.15, 0.2) is 0 Å². The molecule has 4 heteroatoms. The zero-order chi connectivity index (χ0) is 19.1. The molecule has 27 heavy (non-hydrogen) atoms. The molecular formula is C23H42FN3. The van der Waals surface area contributed by atoms with Crippen LogP contribution in [0.4, 0.5) is 4.39 Å². The van der Waals surface area contributed by atoms with Crippen molar-refractivity contribution < 1.29 is 4.39 Å². The lowest BCUT2D eigenvalue weighted by atomic mass is 9.64. The second-order valence-electron chi connectivity index (χ2n) is 11.3. The van der Waals surface area contributed by atoms with Crippen molar-refractivity contribution in [2.75, 3.05) is 53.0 Å². The summed E-state index contributed by atoms with van der Waals surface area (Å²) < 4.78 is 15.4. The average Bonchev–Trinajstić information content (AvgIpc) is 3.23. The Kier molecular flexibility index (Phi) is 5.64. The van der Waals surface area contributed by atoms with Gasteiger partial charge in [-0.15, -0.1) is 0 Å². The molecule has 1 spiro atoms. The Morgan fingerprint density at radius 1 is 0.778 bits per heavy atom. The van der Waals surface area contributed by atoms with Crippen molar-refractivity contribution in [1.82, 2.24) is 14.7 Å². The van der Waals surface area contributed by atoms with Crippen LogP contribution in [0.2, 0.25) is 0 Å². The van der Waals surface area contributed by atoms with Gasteiger partial charge in [0.1, 0.15) is 5.67 Å². The Bertz CT molecular complexity index is 498. The Morgan fingerprint density at radius 3 is 1.96 bits per heavy atom. The van der Waals surface area contributed by atoms with E-state index in [4.69, 9.17) is 0 Å². The van der Waals surface area contributed by atoms with Crippen LogP contribution in [0.25, 0.3) is 0 Å². The molecule has 0 aromatic heterocycles. The third-order valence-corrected chi connectivity index (χ3v) is 8.23. The highest BCUT2D eigenvalue weighted by Gasteiger charge is 2.48. The van der Waals surface area contributed by atoms with Crippen LogP contribution in [0.15, 0.2) is 0 Å². The smallest absolute Gasteiger partial charge is 0.123 e. The number of piperidine rings is 1. The quantitative estimate of drug-likeness (QED) is 0.678. The molecule has 0 amide bonds. The van der Waals surface area contributed by atoms with Gasteiger partial charge in [-0.05, 0) is 94.7 Å². The minimum absolute atomic E-state index is 0.461. The molecule has 4 aliphatic rings. The van der Waals surface area contributed by atoms with E-state index in [2.05, 4.69) is 35.6 Å².